The van der Waals surface area contributed by atoms with E-state index in [1.165, 1.54) is 0 Å². The number of aryl methyl sites for hydroxylation is 1. The molecule has 0 saturated carbocycles. The molecule has 0 atom stereocenters. The highest BCUT2D eigenvalue weighted by Crippen LogP contribution is 1.73. The highest BCUT2D eigenvalue weighted by atomic mass is 35.5. The summed E-state index contributed by atoms with van der Waals surface area (Å²) in [6, 6.07) is 0. The molecule has 1 aromatic rings. The fourth-order valence-corrected chi connectivity index (χ4v) is 0.442. The van der Waals surface area contributed by atoms with Crippen molar-refractivity contribution >= 4 is 0 Å². The standard InChI is InChI=1S/C5H8NO.ClH/c1-2-6-3-4-7-5-6;/h3-5H,2H2,1H3;1H/q+1;/p-1. The Morgan fingerprint density at radius 1 is 1.62 bits per heavy atom. The molecule has 0 amide bonds. The number of aromatic nitrogens is 1. The van der Waals surface area contributed by atoms with E-state index in [-0.39, 0.29) is 12.4 Å². The van der Waals surface area contributed by atoms with E-state index in [0.29, 0.717) is 0 Å². The predicted octanol–water partition coefficient (Wildman–Crippen LogP) is -2.41. The predicted molar refractivity (Wildman–Crippen MR) is 24.6 cm³/mol. The van der Waals surface area contributed by atoms with E-state index < -0.39 is 0 Å². The Morgan fingerprint density at radius 3 is 2.62 bits per heavy atom. The Hall–Kier alpha value is -0.500. The minimum atomic E-state index is 0. The number of nitrogens with zero attached hydrogens (tertiary/aromatic N) is 1. The van der Waals surface area contributed by atoms with E-state index in [1.54, 1.807) is 12.7 Å². The van der Waals surface area contributed by atoms with E-state index in [4.69, 9.17) is 4.42 Å². The largest absolute Gasteiger partial charge is 1.00 e. The first-order chi connectivity index (χ1) is 3.43. The maximum Gasteiger partial charge on any atom is 0.334 e. The van der Waals surface area contributed by atoms with Crippen molar-refractivity contribution < 1.29 is 21.4 Å². The molecule has 0 radical (unpaired) electrons. The molecule has 0 N–H and O–H groups in total. The fraction of sp³-hybridized carbons (Fsp3) is 0.400. The summed E-state index contributed by atoms with van der Waals surface area (Å²) >= 11 is 0. The van der Waals surface area contributed by atoms with E-state index >= 15 is 0 Å². The van der Waals surface area contributed by atoms with Gasteiger partial charge in [0.25, 0.3) is 0 Å². The second kappa shape index (κ2) is 3.50. The Morgan fingerprint density at radius 2 is 2.38 bits per heavy atom. The second-order valence-corrected chi connectivity index (χ2v) is 1.36. The summed E-state index contributed by atoms with van der Waals surface area (Å²) < 4.78 is 6.73. The Kier molecular flexibility index (Phi) is 3.28. The lowest BCUT2D eigenvalue weighted by Crippen LogP contribution is -3.00. The zero-order chi connectivity index (χ0) is 5.11. The lowest BCUT2D eigenvalue weighted by Gasteiger charge is -1.72. The first kappa shape index (κ1) is 7.50. The van der Waals surface area contributed by atoms with E-state index in [1.807, 2.05) is 10.8 Å². The van der Waals surface area contributed by atoms with Gasteiger partial charge in [-0.3, -0.25) is 0 Å². The average molecular weight is 134 g/mol. The third-order valence-electron chi connectivity index (χ3n) is 0.892. The van der Waals surface area contributed by atoms with Crippen LogP contribution in [0.2, 0.25) is 0 Å². The van der Waals surface area contributed by atoms with Gasteiger partial charge in [0.15, 0.2) is 6.26 Å². The highest BCUT2D eigenvalue weighted by molar-refractivity contribution is 4.45. The van der Waals surface area contributed by atoms with Gasteiger partial charge in [-0.2, -0.15) is 4.57 Å². The second-order valence-electron chi connectivity index (χ2n) is 1.36. The van der Waals surface area contributed by atoms with Gasteiger partial charge in [0.05, 0.1) is 0 Å². The molecule has 1 heterocycles. The van der Waals surface area contributed by atoms with E-state index in [9.17, 15) is 0 Å². The van der Waals surface area contributed by atoms with Crippen LogP contribution in [0.4, 0.5) is 0 Å². The van der Waals surface area contributed by atoms with Crippen LogP contribution in [0.1, 0.15) is 6.92 Å². The minimum Gasteiger partial charge on any atom is -1.00 e. The van der Waals surface area contributed by atoms with Crippen LogP contribution in [0.5, 0.6) is 0 Å². The van der Waals surface area contributed by atoms with Crippen LogP contribution in [0, 0.1) is 0 Å². The maximum atomic E-state index is 4.77. The van der Waals surface area contributed by atoms with Crippen molar-refractivity contribution in [2.24, 2.45) is 0 Å². The zero-order valence-corrected chi connectivity index (χ0v) is 5.43. The molecule has 0 spiro atoms. The molecule has 0 bridgehead atoms. The van der Waals surface area contributed by atoms with Crippen LogP contribution >= 0.6 is 0 Å². The first-order valence-electron chi connectivity index (χ1n) is 2.34. The molecule has 0 aliphatic heterocycles. The topological polar surface area (TPSA) is 17.0 Å². The summed E-state index contributed by atoms with van der Waals surface area (Å²) in [5, 5.41) is 0. The molecule has 0 aromatic carbocycles. The van der Waals surface area contributed by atoms with Gasteiger partial charge in [-0.15, -0.1) is 0 Å². The minimum absolute atomic E-state index is 0. The van der Waals surface area contributed by atoms with Crippen LogP contribution in [0.25, 0.3) is 0 Å². The molecular formula is C5H8ClNO. The van der Waals surface area contributed by atoms with Crippen molar-refractivity contribution in [1.29, 1.82) is 0 Å². The van der Waals surface area contributed by atoms with Crippen LogP contribution in [0.15, 0.2) is 23.3 Å². The summed E-state index contributed by atoms with van der Waals surface area (Å²) in [7, 11) is 0. The molecule has 0 aliphatic carbocycles. The average Bonchev–Trinajstić information content (AvgIpc) is 2.14. The molecule has 1 aromatic heterocycles. The summed E-state index contributed by atoms with van der Waals surface area (Å²) in [4.78, 5) is 0. The van der Waals surface area contributed by atoms with E-state index in [2.05, 4.69) is 6.92 Å². The number of hydrogen-bond donors (Lipinski definition) is 0. The Balaban J connectivity index is 0.000000490. The normalized spacial score (nSPS) is 8.12. The van der Waals surface area contributed by atoms with Crippen LogP contribution in [-0.2, 0) is 6.54 Å². The fourth-order valence-electron chi connectivity index (χ4n) is 0.442. The monoisotopic (exact) mass is 133 g/mol. The molecule has 3 heteroatoms. The molecule has 0 saturated heterocycles. The third kappa shape index (κ3) is 1.54. The smallest absolute Gasteiger partial charge is 0.334 e. The van der Waals surface area contributed by atoms with Crippen molar-refractivity contribution in [2.45, 2.75) is 13.5 Å². The summed E-state index contributed by atoms with van der Waals surface area (Å²) in [6.45, 7) is 3.05. The van der Waals surface area contributed by atoms with Crippen molar-refractivity contribution in [3.05, 3.63) is 18.9 Å². The van der Waals surface area contributed by atoms with Crippen molar-refractivity contribution in [1.82, 2.24) is 0 Å². The quantitative estimate of drug-likeness (QED) is 0.390. The molecule has 1 rings (SSSR count). The molecule has 2 nitrogen and oxygen atoms in total. The molecular weight excluding hydrogens is 126 g/mol. The van der Waals surface area contributed by atoms with Gasteiger partial charge in [-0.05, 0) is 6.92 Å². The number of halogens is 1. The number of oxazole rings is 1. The first-order valence-corrected chi connectivity index (χ1v) is 2.34. The highest BCUT2D eigenvalue weighted by Gasteiger charge is 1.90. The van der Waals surface area contributed by atoms with Gasteiger partial charge >= 0.3 is 6.39 Å². The Bertz CT molecular complexity index is 127. The van der Waals surface area contributed by atoms with Gasteiger partial charge in [0, 0.05) is 0 Å². The molecule has 0 unspecified atom stereocenters. The third-order valence-corrected chi connectivity index (χ3v) is 0.892. The molecule has 0 fully saturated rings. The maximum absolute atomic E-state index is 4.77. The Labute approximate surface area is 54.5 Å². The van der Waals surface area contributed by atoms with Gasteiger partial charge in [0.1, 0.15) is 6.54 Å². The molecule has 0 aliphatic rings. The van der Waals surface area contributed by atoms with Crippen molar-refractivity contribution in [2.75, 3.05) is 0 Å². The van der Waals surface area contributed by atoms with Crippen molar-refractivity contribution in [3.8, 4) is 0 Å². The number of hydrogen-bond acceptors (Lipinski definition) is 1. The van der Waals surface area contributed by atoms with E-state index in [0.717, 1.165) is 6.54 Å². The van der Waals surface area contributed by atoms with Crippen LogP contribution < -0.4 is 17.0 Å². The summed E-state index contributed by atoms with van der Waals surface area (Å²) in [5.74, 6) is 0. The van der Waals surface area contributed by atoms with Crippen molar-refractivity contribution in [3.63, 3.8) is 0 Å². The molecule has 46 valence electrons. The zero-order valence-electron chi connectivity index (χ0n) is 4.67. The lowest BCUT2D eigenvalue weighted by atomic mass is 10.7. The van der Waals surface area contributed by atoms with Gasteiger partial charge in [0.2, 0.25) is 6.20 Å². The molecule has 8 heavy (non-hydrogen) atoms. The van der Waals surface area contributed by atoms with Gasteiger partial charge in [-0.25, -0.2) is 0 Å². The van der Waals surface area contributed by atoms with Crippen LogP contribution in [-0.4, -0.2) is 0 Å². The lowest BCUT2D eigenvalue weighted by molar-refractivity contribution is -0.696. The van der Waals surface area contributed by atoms with Gasteiger partial charge < -0.3 is 16.8 Å². The van der Waals surface area contributed by atoms with Crippen LogP contribution in [0.3, 0.4) is 0 Å². The number of rotatable bonds is 1. The van der Waals surface area contributed by atoms with Gasteiger partial charge in [-0.1, -0.05) is 0 Å². The summed E-state index contributed by atoms with van der Waals surface area (Å²) in [6.07, 6.45) is 5.23. The SMILES string of the molecule is CC[n+]1ccoc1.[Cl-]. The summed E-state index contributed by atoms with van der Waals surface area (Å²) in [5.41, 5.74) is 0.